The molecule has 0 saturated carbocycles. The highest BCUT2D eigenvalue weighted by Crippen LogP contribution is 2.23. The highest BCUT2D eigenvalue weighted by molar-refractivity contribution is 7.98. The van der Waals surface area contributed by atoms with Gasteiger partial charge in [0, 0.05) is 31.0 Å². The van der Waals surface area contributed by atoms with E-state index in [0.29, 0.717) is 17.5 Å². The summed E-state index contributed by atoms with van der Waals surface area (Å²) in [6, 6.07) is 14.3. The Morgan fingerprint density at radius 1 is 1.31 bits per heavy atom. The SMILES string of the molecule is O=C(COc1ccc(F)c(Cl)c1)N1CCC(SNCc2ccccc2)C1. The minimum atomic E-state index is -0.507. The van der Waals surface area contributed by atoms with Crippen molar-refractivity contribution in [3.8, 4) is 5.75 Å². The summed E-state index contributed by atoms with van der Waals surface area (Å²) in [7, 11) is 0. The van der Waals surface area contributed by atoms with Gasteiger partial charge in [0.1, 0.15) is 11.6 Å². The molecule has 1 fully saturated rings. The molecule has 26 heavy (non-hydrogen) atoms. The van der Waals surface area contributed by atoms with Gasteiger partial charge in [-0.2, -0.15) is 0 Å². The molecule has 3 rings (SSSR count). The van der Waals surface area contributed by atoms with Crippen LogP contribution in [-0.2, 0) is 11.3 Å². The third kappa shape index (κ3) is 5.37. The van der Waals surface area contributed by atoms with E-state index in [0.717, 1.165) is 19.5 Å². The Labute approximate surface area is 161 Å². The Balaban J connectivity index is 1.38. The zero-order valence-electron chi connectivity index (χ0n) is 14.2. The maximum atomic E-state index is 13.1. The van der Waals surface area contributed by atoms with Gasteiger partial charge in [0.05, 0.1) is 5.02 Å². The van der Waals surface area contributed by atoms with Gasteiger partial charge in [-0.1, -0.05) is 53.9 Å². The molecule has 4 nitrogen and oxygen atoms in total. The summed E-state index contributed by atoms with van der Waals surface area (Å²) in [5.41, 5.74) is 1.23. The molecule has 1 aliphatic heterocycles. The van der Waals surface area contributed by atoms with E-state index < -0.39 is 5.82 Å². The van der Waals surface area contributed by atoms with Crippen LogP contribution in [0, 0.1) is 5.82 Å². The zero-order chi connectivity index (χ0) is 18.4. The number of carbonyl (C=O) groups is 1. The van der Waals surface area contributed by atoms with Crippen LogP contribution in [0.15, 0.2) is 48.5 Å². The first-order valence-electron chi connectivity index (χ1n) is 8.40. The third-order valence-corrected chi connectivity index (χ3v) is 5.44. The lowest BCUT2D eigenvalue weighted by atomic mass is 10.2. The molecule has 0 radical (unpaired) electrons. The van der Waals surface area contributed by atoms with E-state index in [2.05, 4.69) is 16.9 Å². The predicted molar refractivity (Wildman–Crippen MR) is 103 cm³/mol. The predicted octanol–water partition coefficient (Wildman–Crippen LogP) is 3.90. The number of ether oxygens (including phenoxy) is 1. The summed E-state index contributed by atoms with van der Waals surface area (Å²) in [6.07, 6.45) is 0.945. The summed E-state index contributed by atoms with van der Waals surface area (Å²) in [6.45, 7) is 2.14. The first-order chi connectivity index (χ1) is 12.6. The lowest BCUT2D eigenvalue weighted by Crippen LogP contribution is -2.33. The maximum absolute atomic E-state index is 13.1. The van der Waals surface area contributed by atoms with E-state index in [1.54, 1.807) is 16.8 Å². The van der Waals surface area contributed by atoms with Crippen LogP contribution >= 0.6 is 23.5 Å². The van der Waals surface area contributed by atoms with Gasteiger partial charge in [0.15, 0.2) is 6.61 Å². The van der Waals surface area contributed by atoms with Crippen LogP contribution in [0.2, 0.25) is 5.02 Å². The second-order valence-electron chi connectivity index (χ2n) is 6.04. The molecular weight excluding hydrogens is 375 g/mol. The van der Waals surface area contributed by atoms with Gasteiger partial charge in [0.25, 0.3) is 5.91 Å². The molecule has 1 N–H and O–H groups in total. The van der Waals surface area contributed by atoms with Crippen molar-refractivity contribution in [2.45, 2.75) is 18.2 Å². The number of halogens is 2. The summed E-state index contributed by atoms with van der Waals surface area (Å²) >= 11 is 7.38. The monoisotopic (exact) mass is 394 g/mol. The molecular formula is C19H20ClFN2O2S. The van der Waals surface area contributed by atoms with E-state index >= 15 is 0 Å². The van der Waals surface area contributed by atoms with Crippen LogP contribution in [0.1, 0.15) is 12.0 Å². The van der Waals surface area contributed by atoms with E-state index in [1.807, 2.05) is 18.2 Å². The van der Waals surface area contributed by atoms with Gasteiger partial charge < -0.3 is 9.64 Å². The number of hydrogen-bond donors (Lipinski definition) is 1. The molecule has 0 bridgehead atoms. The van der Waals surface area contributed by atoms with Crippen LogP contribution in [0.5, 0.6) is 5.75 Å². The van der Waals surface area contributed by atoms with Crippen molar-refractivity contribution in [1.82, 2.24) is 9.62 Å². The lowest BCUT2D eigenvalue weighted by Gasteiger charge is -2.17. The first kappa shape index (κ1) is 19.0. The standard InChI is InChI=1S/C19H20ClFN2O2S/c20-17-10-15(6-7-18(17)21)25-13-19(24)23-9-8-16(12-23)26-22-11-14-4-2-1-3-5-14/h1-7,10,16,22H,8-9,11-13H2. The number of hydrogen-bond acceptors (Lipinski definition) is 4. The number of nitrogens with zero attached hydrogens (tertiary/aromatic N) is 1. The number of amides is 1. The van der Waals surface area contributed by atoms with E-state index in [-0.39, 0.29) is 17.5 Å². The van der Waals surface area contributed by atoms with E-state index in [9.17, 15) is 9.18 Å². The molecule has 1 atom stereocenters. The molecule has 1 amide bonds. The molecule has 1 saturated heterocycles. The van der Waals surface area contributed by atoms with Gasteiger partial charge in [-0.25, -0.2) is 4.39 Å². The number of likely N-dealkylation sites (tertiary alicyclic amines) is 1. The normalized spacial score (nSPS) is 16.7. The van der Waals surface area contributed by atoms with Crippen molar-refractivity contribution in [1.29, 1.82) is 0 Å². The van der Waals surface area contributed by atoms with Crippen LogP contribution in [-0.4, -0.2) is 35.8 Å². The highest BCUT2D eigenvalue weighted by atomic mass is 35.5. The average Bonchev–Trinajstić information content (AvgIpc) is 3.12. The summed E-state index contributed by atoms with van der Waals surface area (Å²) < 4.78 is 21.9. The fraction of sp³-hybridized carbons (Fsp3) is 0.316. The van der Waals surface area contributed by atoms with Gasteiger partial charge in [-0.15, -0.1) is 0 Å². The Morgan fingerprint density at radius 3 is 2.88 bits per heavy atom. The quantitative estimate of drug-likeness (QED) is 0.723. The molecule has 1 aliphatic rings. The highest BCUT2D eigenvalue weighted by Gasteiger charge is 2.26. The first-order valence-corrected chi connectivity index (χ1v) is 9.65. The fourth-order valence-corrected chi connectivity index (χ4v) is 3.83. The molecule has 1 heterocycles. The number of nitrogens with one attached hydrogen (secondary N) is 1. The van der Waals surface area contributed by atoms with Crippen molar-refractivity contribution in [3.63, 3.8) is 0 Å². The maximum Gasteiger partial charge on any atom is 0.260 e. The van der Waals surface area contributed by atoms with E-state index in [1.165, 1.54) is 23.8 Å². The van der Waals surface area contributed by atoms with Crippen molar-refractivity contribution in [2.24, 2.45) is 0 Å². The molecule has 0 spiro atoms. The number of benzene rings is 2. The third-order valence-electron chi connectivity index (χ3n) is 4.12. The Hall–Kier alpha value is -1.76. The Morgan fingerprint density at radius 2 is 2.12 bits per heavy atom. The molecule has 2 aromatic rings. The van der Waals surface area contributed by atoms with Crippen molar-refractivity contribution in [3.05, 3.63) is 64.9 Å². The van der Waals surface area contributed by atoms with Crippen LogP contribution in [0.25, 0.3) is 0 Å². The Kier molecular flexibility index (Phi) is 6.77. The minimum absolute atomic E-state index is 0.0166. The topological polar surface area (TPSA) is 41.6 Å². The summed E-state index contributed by atoms with van der Waals surface area (Å²) in [5, 5.41) is 0.347. The number of carbonyl (C=O) groups excluding carboxylic acids is 1. The lowest BCUT2D eigenvalue weighted by molar-refractivity contribution is -0.132. The van der Waals surface area contributed by atoms with Crippen molar-refractivity contribution in [2.75, 3.05) is 19.7 Å². The second kappa shape index (κ2) is 9.26. The van der Waals surface area contributed by atoms with E-state index in [4.69, 9.17) is 16.3 Å². The van der Waals surface area contributed by atoms with Gasteiger partial charge in [-0.05, 0) is 24.1 Å². The molecule has 0 aliphatic carbocycles. The summed E-state index contributed by atoms with van der Waals surface area (Å²) in [4.78, 5) is 14.1. The van der Waals surface area contributed by atoms with Crippen LogP contribution in [0.4, 0.5) is 4.39 Å². The van der Waals surface area contributed by atoms with Crippen LogP contribution in [0.3, 0.4) is 0 Å². The minimum Gasteiger partial charge on any atom is -0.484 e. The largest absolute Gasteiger partial charge is 0.484 e. The average molecular weight is 395 g/mol. The molecule has 2 aromatic carbocycles. The van der Waals surface area contributed by atoms with Gasteiger partial charge in [-0.3, -0.25) is 9.52 Å². The second-order valence-corrected chi connectivity index (χ2v) is 7.64. The van der Waals surface area contributed by atoms with Crippen molar-refractivity contribution >= 4 is 29.5 Å². The van der Waals surface area contributed by atoms with Crippen LogP contribution < -0.4 is 9.46 Å². The number of rotatable bonds is 7. The molecule has 7 heteroatoms. The van der Waals surface area contributed by atoms with Gasteiger partial charge >= 0.3 is 0 Å². The Bertz CT molecular complexity index is 748. The molecule has 1 unspecified atom stereocenters. The smallest absolute Gasteiger partial charge is 0.260 e. The van der Waals surface area contributed by atoms with Gasteiger partial charge in [0.2, 0.25) is 0 Å². The fourth-order valence-electron chi connectivity index (χ4n) is 2.69. The van der Waals surface area contributed by atoms with Crippen molar-refractivity contribution < 1.29 is 13.9 Å². The molecule has 138 valence electrons. The molecule has 0 aromatic heterocycles. The zero-order valence-corrected chi connectivity index (χ0v) is 15.7. The summed E-state index contributed by atoms with van der Waals surface area (Å²) in [5.74, 6) is -0.191.